The van der Waals surface area contributed by atoms with Gasteiger partial charge in [-0.25, -0.2) is 0 Å². The van der Waals surface area contributed by atoms with Gasteiger partial charge in [0.2, 0.25) is 0 Å². The monoisotopic (exact) mass is 363 g/mol. The summed E-state index contributed by atoms with van der Waals surface area (Å²) < 4.78 is 0. The molecule has 0 aliphatic rings. The molecule has 0 aliphatic heterocycles. The zero-order valence-corrected chi connectivity index (χ0v) is 20.1. The minimum absolute atomic E-state index is 0.217. The molecular formula is C25H49N. The Hall–Kier alpha value is -0.590. The molecule has 0 radical (unpaired) electrons. The molecule has 26 heavy (non-hydrogen) atoms. The Labute approximate surface area is 166 Å². The first-order chi connectivity index (χ1) is 11.6. The summed E-state index contributed by atoms with van der Waals surface area (Å²) in [7, 11) is 0. The van der Waals surface area contributed by atoms with Crippen LogP contribution in [0, 0.1) is 39.9 Å². The SMILES string of the molecule is CC(C=NCC(C)(C)C(C)C)CC(C)(C)/C=C\C(C)CC(C)(C)C(C)C. The Bertz CT molecular complexity index is 449. The van der Waals surface area contributed by atoms with Crippen molar-refractivity contribution in [3.05, 3.63) is 12.2 Å². The minimum Gasteiger partial charge on any atom is -0.297 e. The molecule has 0 saturated carbocycles. The van der Waals surface area contributed by atoms with E-state index in [0.717, 1.165) is 18.9 Å². The fourth-order valence-electron chi connectivity index (χ4n) is 3.16. The predicted octanol–water partition coefficient (Wildman–Crippen LogP) is 8.06. The third kappa shape index (κ3) is 9.93. The second kappa shape index (κ2) is 10.1. The first-order valence-corrected chi connectivity index (χ1v) is 10.8. The number of rotatable bonds is 11. The van der Waals surface area contributed by atoms with E-state index >= 15 is 0 Å². The van der Waals surface area contributed by atoms with E-state index in [1.54, 1.807) is 0 Å². The van der Waals surface area contributed by atoms with Crippen LogP contribution in [0.3, 0.4) is 0 Å². The van der Waals surface area contributed by atoms with Crippen LogP contribution in [0.5, 0.6) is 0 Å². The van der Waals surface area contributed by atoms with Crippen LogP contribution in [0.2, 0.25) is 0 Å². The first kappa shape index (κ1) is 25.4. The van der Waals surface area contributed by atoms with E-state index in [-0.39, 0.29) is 10.8 Å². The molecule has 0 amide bonds. The zero-order chi connectivity index (χ0) is 20.8. The largest absolute Gasteiger partial charge is 0.297 e. The highest BCUT2D eigenvalue weighted by Gasteiger charge is 2.25. The maximum absolute atomic E-state index is 4.76. The van der Waals surface area contributed by atoms with Gasteiger partial charge in [-0.05, 0) is 52.8 Å². The molecule has 0 spiro atoms. The highest BCUT2D eigenvalue weighted by molar-refractivity contribution is 5.60. The Kier molecular flexibility index (Phi) is 9.86. The maximum atomic E-state index is 4.76. The number of allylic oxidation sites excluding steroid dienone is 2. The van der Waals surface area contributed by atoms with Crippen molar-refractivity contribution in [3.63, 3.8) is 0 Å². The van der Waals surface area contributed by atoms with E-state index < -0.39 is 0 Å². The Balaban J connectivity index is 4.64. The van der Waals surface area contributed by atoms with Gasteiger partial charge >= 0.3 is 0 Å². The fourth-order valence-corrected chi connectivity index (χ4v) is 3.16. The van der Waals surface area contributed by atoms with E-state index in [4.69, 9.17) is 4.99 Å². The van der Waals surface area contributed by atoms with Crippen LogP contribution in [0.15, 0.2) is 17.1 Å². The maximum Gasteiger partial charge on any atom is 0.0439 e. The number of hydrogen-bond donors (Lipinski definition) is 0. The van der Waals surface area contributed by atoms with Crippen LogP contribution in [-0.4, -0.2) is 12.8 Å². The van der Waals surface area contributed by atoms with Crippen molar-refractivity contribution in [2.45, 2.75) is 95.9 Å². The molecular weight excluding hydrogens is 314 g/mol. The average Bonchev–Trinajstić information content (AvgIpc) is 2.43. The van der Waals surface area contributed by atoms with Gasteiger partial charge in [0, 0.05) is 12.8 Å². The second-order valence-corrected chi connectivity index (χ2v) is 11.5. The molecule has 1 nitrogen and oxygen atoms in total. The lowest BCUT2D eigenvalue weighted by Crippen LogP contribution is -2.23. The molecule has 154 valence electrons. The van der Waals surface area contributed by atoms with Gasteiger partial charge in [0.05, 0.1) is 0 Å². The molecule has 0 heterocycles. The highest BCUT2D eigenvalue weighted by Crippen LogP contribution is 2.35. The Morgan fingerprint density at radius 1 is 0.692 bits per heavy atom. The van der Waals surface area contributed by atoms with Crippen molar-refractivity contribution in [1.29, 1.82) is 0 Å². The summed E-state index contributed by atoms with van der Waals surface area (Å²) in [6.07, 6.45) is 9.46. The molecule has 2 atom stereocenters. The summed E-state index contributed by atoms with van der Waals surface area (Å²) in [5.41, 5.74) is 0.899. The van der Waals surface area contributed by atoms with Crippen LogP contribution in [0.1, 0.15) is 95.9 Å². The molecule has 0 aromatic heterocycles. The third-order valence-electron chi connectivity index (χ3n) is 6.56. The summed E-state index contributed by atoms with van der Waals surface area (Å²) in [5, 5.41) is 0. The minimum atomic E-state index is 0.217. The molecule has 0 aliphatic carbocycles. The van der Waals surface area contributed by atoms with E-state index in [1.165, 1.54) is 6.42 Å². The van der Waals surface area contributed by atoms with E-state index in [2.05, 4.69) is 101 Å². The Morgan fingerprint density at radius 3 is 1.65 bits per heavy atom. The number of nitrogens with zero attached hydrogens (tertiary/aromatic N) is 1. The summed E-state index contributed by atoms with van der Waals surface area (Å²) in [6.45, 7) is 28.9. The number of aliphatic imine (C=N–C) groups is 1. The fraction of sp³-hybridized carbons (Fsp3) is 0.880. The lowest BCUT2D eigenvalue weighted by molar-refractivity contribution is 0.207. The van der Waals surface area contributed by atoms with Crippen LogP contribution in [-0.2, 0) is 0 Å². The van der Waals surface area contributed by atoms with Crippen molar-refractivity contribution in [3.8, 4) is 0 Å². The third-order valence-corrected chi connectivity index (χ3v) is 6.56. The topological polar surface area (TPSA) is 12.4 Å². The second-order valence-electron chi connectivity index (χ2n) is 11.5. The summed E-state index contributed by atoms with van der Waals surface area (Å²) in [4.78, 5) is 4.76. The van der Waals surface area contributed by atoms with Crippen molar-refractivity contribution in [1.82, 2.24) is 0 Å². The standard InChI is InChI=1S/C25H49N/c1-19(2)24(9,10)16-21(5)13-14-23(7,8)15-22(6)17-26-18-25(11,12)20(3)4/h13-14,17,19-22H,15-16,18H2,1-12H3/b14-13-,26-17?. The van der Waals surface area contributed by atoms with Gasteiger partial charge < -0.3 is 0 Å². The first-order valence-electron chi connectivity index (χ1n) is 10.8. The van der Waals surface area contributed by atoms with E-state index in [0.29, 0.717) is 23.2 Å². The molecule has 0 rings (SSSR count). The molecule has 0 aromatic rings. The Morgan fingerprint density at radius 2 is 1.19 bits per heavy atom. The van der Waals surface area contributed by atoms with Crippen molar-refractivity contribution in [2.75, 3.05) is 6.54 Å². The van der Waals surface area contributed by atoms with Crippen LogP contribution in [0.4, 0.5) is 0 Å². The molecule has 2 unspecified atom stereocenters. The molecule has 0 N–H and O–H groups in total. The van der Waals surface area contributed by atoms with E-state index in [9.17, 15) is 0 Å². The van der Waals surface area contributed by atoms with Gasteiger partial charge in [0.25, 0.3) is 0 Å². The molecule has 0 fully saturated rings. The quantitative estimate of drug-likeness (QED) is 0.260. The average molecular weight is 364 g/mol. The van der Waals surface area contributed by atoms with Crippen molar-refractivity contribution in [2.24, 2.45) is 44.9 Å². The van der Waals surface area contributed by atoms with Gasteiger partial charge in [0.1, 0.15) is 0 Å². The molecule has 0 saturated heterocycles. The van der Waals surface area contributed by atoms with Crippen LogP contribution < -0.4 is 0 Å². The van der Waals surface area contributed by atoms with Crippen LogP contribution in [0.25, 0.3) is 0 Å². The van der Waals surface area contributed by atoms with Gasteiger partial charge in [-0.2, -0.15) is 0 Å². The zero-order valence-electron chi connectivity index (χ0n) is 20.1. The molecule has 1 heteroatoms. The predicted molar refractivity (Wildman–Crippen MR) is 121 cm³/mol. The molecule has 0 aromatic carbocycles. The van der Waals surface area contributed by atoms with Crippen molar-refractivity contribution >= 4 is 6.21 Å². The smallest absolute Gasteiger partial charge is 0.0439 e. The van der Waals surface area contributed by atoms with E-state index in [1.807, 2.05) is 0 Å². The van der Waals surface area contributed by atoms with Gasteiger partial charge in [-0.15, -0.1) is 0 Å². The molecule has 0 bridgehead atoms. The highest BCUT2D eigenvalue weighted by atomic mass is 14.7. The van der Waals surface area contributed by atoms with Crippen molar-refractivity contribution < 1.29 is 0 Å². The summed E-state index contributed by atoms with van der Waals surface area (Å²) >= 11 is 0. The lowest BCUT2D eigenvalue weighted by atomic mass is 9.74. The van der Waals surface area contributed by atoms with Gasteiger partial charge in [-0.3, -0.25) is 4.99 Å². The van der Waals surface area contributed by atoms with Crippen LogP contribution >= 0.6 is 0 Å². The van der Waals surface area contributed by atoms with Gasteiger partial charge in [0.15, 0.2) is 0 Å². The number of hydrogen-bond acceptors (Lipinski definition) is 1. The lowest BCUT2D eigenvalue weighted by Gasteiger charge is -2.32. The van der Waals surface area contributed by atoms with Gasteiger partial charge in [-0.1, -0.05) is 95.2 Å². The summed E-state index contributed by atoms with van der Waals surface area (Å²) in [5.74, 6) is 2.52. The summed E-state index contributed by atoms with van der Waals surface area (Å²) in [6, 6.07) is 0. The normalized spacial score (nSPS) is 17.0.